The van der Waals surface area contributed by atoms with Crippen LogP contribution in [0.5, 0.6) is 0 Å². The third-order valence-corrected chi connectivity index (χ3v) is 5.62. The SMILES string of the molecule is CCN(CC)c1ccc(/C=C2/SC(=O)N(Cc3ccccc3[N+](=O)[O-])C2=O)cc1. The van der Waals surface area contributed by atoms with E-state index in [0.29, 0.717) is 10.5 Å². The molecule has 29 heavy (non-hydrogen) atoms. The van der Waals surface area contributed by atoms with E-state index in [-0.39, 0.29) is 12.2 Å². The zero-order chi connectivity index (χ0) is 21.0. The zero-order valence-electron chi connectivity index (χ0n) is 16.2. The minimum absolute atomic E-state index is 0.109. The lowest BCUT2D eigenvalue weighted by molar-refractivity contribution is -0.385. The number of benzene rings is 2. The second-order valence-electron chi connectivity index (χ2n) is 6.42. The summed E-state index contributed by atoms with van der Waals surface area (Å²) in [6.07, 6.45) is 1.68. The molecule has 1 aliphatic heterocycles. The molecule has 0 radical (unpaired) electrons. The molecule has 2 aromatic rings. The van der Waals surface area contributed by atoms with Gasteiger partial charge in [0.1, 0.15) is 0 Å². The van der Waals surface area contributed by atoms with E-state index < -0.39 is 16.1 Å². The Morgan fingerprint density at radius 1 is 1.07 bits per heavy atom. The van der Waals surface area contributed by atoms with Gasteiger partial charge in [-0.1, -0.05) is 30.3 Å². The minimum atomic E-state index is -0.512. The third-order valence-electron chi connectivity index (χ3n) is 4.71. The summed E-state index contributed by atoms with van der Waals surface area (Å²) in [5, 5.41) is 10.7. The number of thioether (sulfide) groups is 1. The Hall–Kier alpha value is -3.13. The quantitative estimate of drug-likeness (QED) is 0.374. The Kier molecular flexibility index (Phi) is 6.33. The number of carbonyl (C=O) groups excluding carboxylic acids is 2. The van der Waals surface area contributed by atoms with E-state index in [9.17, 15) is 19.7 Å². The third kappa shape index (κ3) is 4.48. The predicted octanol–water partition coefficient (Wildman–Crippen LogP) is 4.68. The number of carbonyl (C=O) groups is 2. The molecule has 2 aromatic carbocycles. The molecule has 3 rings (SSSR count). The van der Waals surface area contributed by atoms with E-state index in [1.54, 1.807) is 24.3 Å². The first-order valence-electron chi connectivity index (χ1n) is 9.27. The van der Waals surface area contributed by atoms with Gasteiger partial charge >= 0.3 is 0 Å². The second-order valence-corrected chi connectivity index (χ2v) is 7.41. The summed E-state index contributed by atoms with van der Waals surface area (Å²) >= 11 is 0.848. The van der Waals surface area contributed by atoms with Crippen molar-refractivity contribution in [3.63, 3.8) is 0 Å². The molecule has 8 heteroatoms. The minimum Gasteiger partial charge on any atom is -0.372 e. The summed E-state index contributed by atoms with van der Waals surface area (Å²) in [5.74, 6) is -0.439. The Balaban J connectivity index is 1.79. The molecule has 2 amide bonds. The van der Waals surface area contributed by atoms with Crippen molar-refractivity contribution in [2.45, 2.75) is 20.4 Å². The Labute approximate surface area is 173 Å². The van der Waals surface area contributed by atoms with Crippen molar-refractivity contribution in [1.29, 1.82) is 0 Å². The lowest BCUT2D eigenvalue weighted by Gasteiger charge is -2.20. The van der Waals surface area contributed by atoms with Crippen molar-refractivity contribution < 1.29 is 14.5 Å². The van der Waals surface area contributed by atoms with E-state index in [4.69, 9.17) is 0 Å². The molecule has 0 bridgehead atoms. The average molecular weight is 411 g/mol. The fourth-order valence-electron chi connectivity index (χ4n) is 3.15. The molecule has 0 N–H and O–H groups in total. The number of para-hydroxylation sites is 1. The molecule has 0 aromatic heterocycles. The fraction of sp³-hybridized carbons (Fsp3) is 0.238. The number of hydrogen-bond acceptors (Lipinski definition) is 6. The van der Waals surface area contributed by atoms with Gasteiger partial charge in [-0.25, -0.2) is 0 Å². The van der Waals surface area contributed by atoms with Crippen LogP contribution in [0.1, 0.15) is 25.0 Å². The van der Waals surface area contributed by atoms with Crippen molar-refractivity contribution in [1.82, 2.24) is 4.90 Å². The summed E-state index contributed by atoms with van der Waals surface area (Å²) in [5.41, 5.74) is 2.13. The summed E-state index contributed by atoms with van der Waals surface area (Å²) in [6, 6.07) is 13.9. The molecule has 0 spiro atoms. The molecule has 1 aliphatic rings. The van der Waals surface area contributed by atoms with Gasteiger partial charge in [0.25, 0.3) is 16.8 Å². The van der Waals surface area contributed by atoms with Gasteiger partial charge in [-0.15, -0.1) is 0 Å². The van der Waals surface area contributed by atoms with Crippen LogP contribution in [0.4, 0.5) is 16.2 Å². The normalized spacial score (nSPS) is 15.2. The predicted molar refractivity (Wildman–Crippen MR) is 115 cm³/mol. The maximum Gasteiger partial charge on any atom is 0.293 e. The number of nitro groups is 1. The molecule has 0 aliphatic carbocycles. The summed E-state index contributed by atoms with van der Waals surface area (Å²) < 4.78 is 0. The van der Waals surface area contributed by atoms with Crippen LogP contribution in [0.2, 0.25) is 0 Å². The zero-order valence-corrected chi connectivity index (χ0v) is 17.0. The number of amides is 2. The van der Waals surface area contributed by atoms with Gasteiger partial charge in [-0.3, -0.25) is 24.6 Å². The standard InChI is InChI=1S/C21H21N3O4S/c1-3-22(4-2)17-11-9-15(10-12-17)13-19-20(25)23(21(26)29-19)14-16-7-5-6-8-18(16)24(27)28/h5-13H,3-4,14H2,1-2H3/b19-13+. The van der Waals surface area contributed by atoms with Crippen LogP contribution in [0.3, 0.4) is 0 Å². The van der Waals surface area contributed by atoms with Crippen LogP contribution in [0.15, 0.2) is 53.4 Å². The van der Waals surface area contributed by atoms with Crippen molar-refractivity contribution in [3.8, 4) is 0 Å². The molecule has 0 atom stereocenters. The van der Waals surface area contributed by atoms with E-state index in [0.717, 1.165) is 41.0 Å². The van der Waals surface area contributed by atoms with E-state index >= 15 is 0 Å². The van der Waals surface area contributed by atoms with Gasteiger partial charge in [0, 0.05) is 30.4 Å². The molecular weight excluding hydrogens is 390 g/mol. The average Bonchev–Trinajstić information content (AvgIpc) is 2.98. The Morgan fingerprint density at radius 2 is 1.72 bits per heavy atom. The van der Waals surface area contributed by atoms with Crippen LogP contribution < -0.4 is 4.90 Å². The van der Waals surface area contributed by atoms with Gasteiger partial charge in [-0.2, -0.15) is 0 Å². The summed E-state index contributed by atoms with van der Waals surface area (Å²) in [7, 11) is 0. The molecule has 1 saturated heterocycles. The van der Waals surface area contributed by atoms with Gasteiger partial charge in [0.2, 0.25) is 0 Å². The van der Waals surface area contributed by atoms with Crippen molar-refractivity contribution in [2.24, 2.45) is 0 Å². The first-order valence-corrected chi connectivity index (χ1v) is 10.1. The Bertz CT molecular complexity index is 968. The van der Waals surface area contributed by atoms with Crippen LogP contribution in [0, 0.1) is 10.1 Å². The van der Waals surface area contributed by atoms with Crippen LogP contribution in [-0.2, 0) is 11.3 Å². The van der Waals surface area contributed by atoms with Crippen LogP contribution in [0.25, 0.3) is 6.08 Å². The highest BCUT2D eigenvalue weighted by Crippen LogP contribution is 2.34. The first kappa shape index (κ1) is 20.6. The largest absolute Gasteiger partial charge is 0.372 e. The van der Waals surface area contributed by atoms with Crippen molar-refractivity contribution in [2.75, 3.05) is 18.0 Å². The maximum atomic E-state index is 12.7. The van der Waals surface area contributed by atoms with Crippen molar-refractivity contribution >= 4 is 40.4 Å². The maximum absolute atomic E-state index is 12.7. The van der Waals surface area contributed by atoms with Crippen molar-refractivity contribution in [3.05, 3.63) is 74.7 Å². The lowest BCUT2D eigenvalue weighted by Crippen LogP contribution is -2.27. The fourth-order valence-corrected chi connectivity index (χ4v) is 3.99. The van der Waals surface area contributed by atoms with E-state index in [2.05, 4.69) is 18.7 Å². The van der Waals surface area contributed by atoms with Gasteiger partial charge in [0.15, 0.2) is 0 Å². The number of anilines is 1. The number of nitrogens with zero attached hydrogens (tertiary/aromatic N) is 3. The highest BCUT2D eigenvalue weighted by Gasteiger charge is 2.36. The molecule has 1 fully saturated rings. The molecule has 0 saturated carbocycles. The van der Waals surface area contributed by atoms with Crippen LogP contribution in [-0.4, -0.2) is 34.1 Å². The highest BCUT2D eigenvalue weighted by atomic mass is 32.2. The first-order chi connectivity index (χ1) is 13.9. The molecule has 1 heterocycles. The summed E-state index contributed by atoms with van der Waals surface area (Å²) in [6.45, 7) is 5.86. The highest BCUT2D eigenvalue weighted by molar-refractivity contribution is 8.18. The van der Waals surface area contributed by atoms with Gasteiger partial charge in [-0.05, 0) is 49.4 Å². The number of imide groups is 1. The Morgan fingerprint density at radius 3 is 2.34 bits per heavy atom. The number of hydrogen-bond donors (Lipinski definition) is 0. The monoisotopic (exact) mass is 411 g/mol. The molecule has 7 nitrogen and oxygen atoms in total. The summed E-state index contributed by atoms with van der Waals surface area (Å²) in [4.78, 5) is 39.3. The van der Waals surface area contributed by atoms with Crippen LogP contribution >= 0.6 is 11.8 Å². The van der Waals surface area contributed by atoms with Gasteiger partial charge < -0.3 is 4.90 Å². The molecular formula is C21H21N3O4S. The smallest absolute Gasteiger partial charge is 0.293 e. The second kappa shape index (κ2) is 8.91. The van der Waals surface area contributed by atoms with E-state index in [1.807, 2.05) is 24.3 Å². The molecule has 0 unspecified atom stereocenters. The lowest BCUT2D eigenvalue weighted by atomic mass is 10.1. The molecule has 150 valence electrons. The number of nitro benzene ring substituents is 1. The van der Waals surface area contributed by atoms with E-state index in [1.165, 1.54) is 6.07 Å². The topological polar surface area (TPSA) is 83.8 Å². The number of rotatable bonds is 7. The van der Waals surface area contributed by atoms with Gasteiger partial charge in [0.05, 0.1) is 16.4 Å².